The van der Waals surface area contributed by atoms with E-state index in [-0.39, 0.29) is 0 Å². The third kappa shape index (κ3) is 5.33. The number of aliphatic imine (C=N–C) groups is 2. The molecule has 0 radical (unpaired) electrons. The van der Waals surface area contributed by atoms with E-state index in [0.29, 0.717) is 0 Å². The highest BCUT2D eigenvalue weighted by Crippen LogP contribution is 1.87. The number of hydrogen-bond acceptors (Lipinski definition) is 3. The summed E-state index contributed by atoms with van der Waals surface area (Å²) in [4.78, 5) is 9.75. The molecule has 0 aromatic rings. The van der Waals surface area contributed by atoms with Crippen LogP contribution in [0.4, 0.5) is 0 Å². The van der Waals surface area contributed by atoms with Gasteiger partial charge in [-0.05, 0) is 0 Å². The Bertz CT molecular complexity index is 164. The van der Waals surface area contributed by atoms with Gasteiger partial charge in [-0.15, -0.1) is 0 Å². The molecular weight excluding hydrogens is 138 g/mol. The first-order valence-electron chi connectivity index (χ1n) is 3.43. The average Bonchev–Trinajstić information content (AvgIpc) is 1.87. The molecule has 0 spiro atoms. The molecule has 11 heavy (non-hydrogen) atoms. The highest BCUT2D eigenvalue weighted by atomic mass is 15.0. The summed E-state index contributed by atoms with van der Waals surface area (Å²) >= 11 is 0. The van der Waals surface area contributed by atoms with Crippen molar-refractivity contribution in [1.29, 1.82) is 0 Å². The average molecular weight is 153 g/mol. The molecule has 62 valence electrons. The Labute approximate surface area is 68.2 Å². The Morgan fingerprint density at radius 1 is 1.09 bits per heavy atom. The van der Waals surface area contributed by atoms with Gasteiger partial charge < -0.3 is 4.90 Å². The molecule has 0 heterocycles. The van der Waals surface area contributed by atoms with E-state index >= 15 is 0 Å². The van der Waals surface area contributed by atoms with Gasteiger partial charge >= 0.3 is 0 Å². The standard InChI is InChI=1S/C8H15N3/c1-9-5-8(6-10-2)7-11(3)4/h5-7H,1-4H3. The number of nitrogens with zero attached hydrogens (tertiary/aromatic N) is 3. The first-order valence-corrected chi connectivity index (χ1v) is 3.43. The van der Waals surface area contributed by atoms with Crippen molar-refractivity contribution in [2.45, 2.75) is 0 Å². The lowest BCUT2D eigenvalue weighted by Crippen LogP contribution is -2.04. The number of hydrogen-bond donors (Lipinski definition) is 0. The van der Waals surface area contributed by atoms with Crippen molar-refractivity contribution in [3.63, 3.8) is 0 Å². The summed E-state index contributed by atoms with van der Waals surface area (Å²) in [5, 5.41) is 0. The summed E-state index contributed by atoms with van der Waals surface area (Å²) in [5.74, 6) is 0. The monoisotopic (exact) mass is 153 g/mol. The second-order valence-electron chi connectivity index (χ2n) is 2.37. The second kappa shape index (κ2) is 5.65. The molecule has 0 rings (SSSR count). The van der Waals surface area contributed by atoms with E-state index < -0.39 is 0 Å². The molecule has 0 unspecified atom stereocenters. The van der Waals surface area contributed by atoms with Crippen LogP contribution in [0.25, 0.3) is 0 Å². The smallest absolute Gasteiger partial charge is 0.0311 e. The van der Waals surface area contributed by atoms with Gasteiger partial charge in [-0.25, -0.2) is 0 Å². The fraction of sp³-hybridized carbons (Fsp3) is 0.500. The van der Waals surface area contributed by atoms with Crippen LogP contribution in [0.3, 0.4) is 0 Å². The minimum Gasteiger partial charge on any atom is -0.383 e. The number of allylic oxidation sites excluding steroid dienone is 1. The molecule has 0 atom stereocenters. The van der Waals surface area contributed by atoms with Crippen molar-refractivity contribution in [2.75, 3.05) is 28.2 Å². The minimum absolute atomic E-state index is 1.00. The van der Waals surface area contributed by atoms with Crippen LogP contribution in [-0.2, 0) is 0 Å². The van der Waals surface area contributed by atoms with Gasteiger partial charge in [0.15, 0.2) is 0 Å². The van der Waals surface area contributed by atoms with Gasteiger partial charge in [0.1, 0.15) is 0 Å². The van der Waals surface area contributed by atoms with Crippen molar-refractivity contribution in [1.82, 2.24) is 4.90 Å². The molecule has 0 aromatic carbocycles. The van der Waals surface area contributed by atoms with Gasteiger partial charge in [0.2, 0.25) is 0 Å². The molecule has 3 nitrogen and oxygen atoms in total. The summed E-state index contributed by atoms with van der Waals surface area (Å²) in [7, 11) is 7.42. The van der Waals surface area contributed by atoms with Crippen LogP contribution in [0.2, 0.25) is 0 Å². The normalized spacial score (nSPS) is 10.9. The van der Waals surface area contributed by atoms with Crippen molar-refractivity contribution in [3.8, 4) is 0 Å². The van der Waals surface area contributed by atoms with Crippen LogP contribution >= 0.6 is 0 Å². The van der Waals surface area contributed by atoms with Gasteiger partial charge in [-0.2, -0.15) is 0 Å². The van der Waals surface area contributed by atoms with Crippen LogP contribution in [-0.4, -0.2) is 45.5 Å². The predicted molar refractivity (Wildman–Crippen MR) is 50.6 cm³/mol. The molecule has 0 fully saturated rings. The van der Waals surface area contributed by atoms with Crippen molar-refractivity contribution >= 4 is 12.4 Å². The summed E-state index contributed by atoms with van der Waals surface area (Å²) < 4.78 is 0. The van der Waals surface area contributed by atoms with Crippen molar-refractivity contribution in [2.24, 2.45) is 9.98 Å². The van der Waals surface area contributed by atoms with E-state index in [2.05, 4.69) is 9.98 Å². The largest absolute Gasteiger partial charge is 0.383 e. The molecule has 0 aliphatic carbocycles. The van der Waals surface area contributed by atoms with E-state index in [0.717, 1.165) is 5.57 Å². The van der Waals surface area contributed by atoms with Crippen LogP contribution in [0.15, 0.2) is 21.8 Å². The van der Waals surface area contributed by atoms with Gasteiger partial charge in [0, 0.05) is 52.4 Å². The first kappa shape index (κ1) is 9.88. The molecule has 0 saturated carbocycles. The fourth-order valence-electron chi connectivity index (χ4n) is 0.696. The second-order valence-corrected chi connectivity index (χ2v) is 2.37. The molecule has 0 N–H and O–H groups in total. The maximum absolute atomic E-state index is 3.90. The lowest BCUT2D eigenvalue weighted by atomic mass is 10.3. The Morgan fingerprint density at radius 3 is 1.82 bits per heavy atom. The van der Waals surface area contributed by atoms with E-state index in [1.54, 1.807) is 26.5 Å². The molecule has 0 aromatic heterocycles. The highest BCUT2D eigenvalue weighted by molar-refractivity contribution is 6.03. The lowest BCUT2D eigenvalue weighted by Gasteiger charge is -2.04. The Hall–Kier alpha value is -1.12. The molecule has 0 amide bonds. The summed E-state index contributed by atoms with van der Waals surface area (Å²) in [6.07, 6.45) is 5.50. The van der Waals surface area contributed by atoms with E-state index in [4.69, 9.17) is 0 Å². The van der Waals surface area contributed by atoms with E-state index in [9.17, 15) is 0 Å². The zero-order chi connectivity index (χ0) is 8.69. The fourth-order valence-corrected chi connectivity index (χ4v) is 0.696. The first-order chi connectivity index (χ1) is 5.20. The predicted octanol–water partition coefficient (Wildman–Crippen LogP) is 0.833. The Kier molecular flexibility index (Phi) is 5.07. The molecule has 3 heteroatoms. The summed E-state index contributed by atoms with van der Waals surface area (Å²) in [6, 6.07) is 0. The third-order valence-electron chi connectivity index (χ3n) is 0.964. The van der Waals surface area contributed by atoms with Crippen LogP contribution in [0.5, 0.6) is 0 Å². The number of rotatable bonds is 3. The van der Waals surface area contributed by atoms with E-state index in [1.165, 1.54) is 0 Å². The topological polar surface area (TPSA) is 28.0 Å². The summed E-state index contributed by atoms with van der Waals surface area (Å²) in [5.41, 5.74) is 1.00. The molecule has 0 aliphatic heterocycles. The molecule has 0 aliphatic rings. The van der Waals surface area contributed by atoms with Crippen LogP contribution in [0.1, 0.15) is 0 Å². The quantitative estimate of drug-likeness (QED) is 0.552. The molecule has 0 saturated heterocycles. The van der Waals surface area contributed by atoms with Crippen molar-refractivity contribution < 1.29 is 0 Å². The Balaban J connectivity index is 4.32. The minimum atomic E-state index is 1.00. The maximum Gasteiger partial charge on any atom is 0.0311 e. The zero-order valence-corrected chi connectivity index (χ0v) is 7.57. The van der Waals surface area contributed by atoms with Gasteiger partial charge in [-0.1, -0.05) is 0 Å². The van der Waals surface area contributed by atoms with Crippen molar-refractivity contribution in [3.05, 3.63) is 11.8 Å². The lowest BCUT2D eigenvalue weighted by molar-refractivity contribution is 0.563. The van der Waals surface area contributed by atoms with Crippen LogP contribution in [0, 0.1) is 0 Å². The van der Waals surface area contributed by atoms with Gasteiger partial charge in [-0.3, -0.25) is 9.98 Å². The third-order valence-corrected chi connectivity index (χ3v) is 0.964. The molecular formula is C8H15N3. The SMILES string of the molecule is CN=CC(C=NC)=CN(C)C. The summed E-state index contributed by atoms with van der Waals surface area (Å²) in [6.45, 7) is 0. The highest BCUT2D eigenvalue weighted by Gasteiger charge is 1.86. The van der Waals surface area contributed by atoms with Gasteiger partial charge in [0.05, 0.1) is 0 Å². The van der Waals surface area contributed by atoms with Gasteiger partial charge in [0.25, 0.3) is 0 Å². The molecule has 0 bridgehead atoms. The Morgan fingerprint density at radius 2 is 1.55 bits per heavy atom. The zero-order valence-electron chi connectivity index (χ0n) is 7.57. The maximum atomic E-state index is 3.90. The van der Waals surface area contributed by atoms with E-state index in [1.807, 2.05) is 25.2 Å². The van der Waals surface area contributed by atoms with Crippen LogP contribution < -0.4 is 0 Å².